The average Bonchev–Trinajstić information content (AvgIpc) is 3.21. The number of anilines is 2. The molecule has 0 spiro atoms. The molecule has 2 aromatic carbocycles. The summed E-state index contributed by atoms with van der Waals surface area (Å²) in [4.78, 5) is 21.7. The summed E-state index contributed by atoms with van der Waals surface area (Å²) in [6.07, 6.45) is 3.19. The first-order valence-corrected chi connectivity index (χ1v) is 10.8. The summed E-state index contributed by atoms with van der Waals surface area (Å²) in [5.74, 6) is -0.422. The van der Waals surface area contributed by atoms with E-state index in [1.54, 1.807) is 26.5 Å². The van der Waals surface area contributed by atoms with Gasteiger partial charge in [-0.25, -0.2) is 18.6 Å². The van der Waals surface area contributed by atoms with Crippen molar-refractivity contribution in [3.8, 4) is 11.5 Å². The number of halogens is 2. The van der Waals surface area contributed by atoms with Gasteiger partial charge in [0.2, 0.25) is 0 Å². The Labute approximate surface area is 189 Å². The summed E-state index contributed by atoms with van der Waals surface area (Å²) in [6, 6.07) is 7.74. The SMILES string of the molecule is COc1cc2nccc(Sc3ncc(NC(=O)Nc4ccc(F)cc4F)s3)c2cc1OC. The molecule has 0 aliphatic rings. The minimum absolute atomic E-state index is 0.129. The highest BCUT2D eigenvalue weighted by Gasteiger charge is 2.14. The van der Waals surface area contributed by atoms with Gasteiger partial charge in [-0.2, -0.15) is 0 Å². The Bertz CT molecular complexity index is 1300. The molecule has 7 nitrogen and oxygen atoms in total. The lowest BCUT2D eigenvalue weighted by molar-refractivity contribution is 0.262. The van der Waals surface area contributed by atoms with Crippen molar-refractivity contribution in [2.24, 2.45) is 0 Å². The fourth-order valence-corrected chi connectivity index (χ4v) is 4.79. The van der Waals surface area contributed by atoms with Crippen molar-refractivity contribution in [1.82, 2.24) is 9.97 Å². The molecule has 4 aromatic rings. The van der Waals surface area contributed by atoms with E-state index < -0.39 is 17.7 Å². The third-order valence-electron chi connectivity index (χ3n) is 4.30. The van der Waals surface area contributed by atoms with Crippen molar-refractivity contribution < 1.29 is 23.0 Å². The molecule has 0 bridgehead atoms. The summed E-state index contributed by atoms with van der Waals surface area (Å²) < 4.78 is 38.1. The second kappa shape index (κ2) is 9.37. The maximum Gasteiger partial charge on any atom is 0.324 e. The molecule has 2 aromatic heterocycles. The zero-order valence-electron chi connectivity index (χ0n) is 16.8. The first kappa shape index (κ1) is 21.8. The van der Waals surface area contributed by atoms with Crippen LogP contribution in [0, 0.1) is 11.6 Å². The number of aromatic nitrogens is 2. The van der Waals surface area contributed by atoms with Crippen LogP contribution in [-0.4, -0.2) is 30.2 Å². The molecule has 2 N–H and O–H groups in total. The van der Waals surface area contributed by atoms with E-state index in [1.807, 2.05) is 12.1 Å². The van der Waals surface area contributed by atoms with E-state index in [9.17, 15) is 13.6 Å². The number of ether oxygens (including phenoxy) is 2. The highest BCUT2D eigenvalue weighted by Crippen LogP contribution is 2.40. The van der Waals surface area contributed by atoms with Gasteiger partial charge in [-0.1, -0.05) is 23.1 Å². The number of rotatable bonds is 6. The van der Waals surface area contributed by atoms with Gasteiger partial charge < -0.3 is 14.8 Å². The second-order valence-corrected chi connectivity index (χ2v) is 8.65. The van der Waals surface area contributed by atoms with Gasteiger partial charge in [-0.15, -0.1) is 0 Å². The number of carbonyl (C=O) groups excluding carboxylic acids is 1. The van der Waals surface area contributed by atoms with Gasteiger partial charge in [-0.05, 0) is 24.3 Å². The van der Waals surface area contributed by atoms with Crippen LogP contribution in [0.15, 0.2) is 58.0 Å². The number of thiazole rings is 1. The van der Waals surface area contributed by atoms with Crippen molar-refractivity contribution in [3.63, 3.8) is 0 Å². The molecule has 0 unspecified atom stereocenters. The Morgan fingerprint density at radius 3 is 2.56 bits per heavy atom. The standard InChI is InChI=1S/C21H16F2N4O3S2/c1-29-16-8-12-15(9-17(16)30-2)24-6-5-18(12)31-21-25-10-19(32-21)27-20(28)26-14-4-3-11(22)7-13(14)23/h3-10H,1-2H3,(H2,26,27,28). The third-order valence-corrected chi connectivity index (χ3v) is 6.37. The first-order valence-electron chi connectivity index (χ1n) is 9.14. The van der Waals surface area contributed by atoms with Gasteiger partial charge in [0.25, 0.3) is 0 Å². The smallest absolute Gasteiger partial charge is 0.324 e. The molecular formula is C21H16F2N4O3S2. The highest BCUT2D eigenvalue weighted by molar-refractivity contribution is 8.01. The molecule has 0 fully saturated rings. The molecule has 32 heavy (non-hydrogen) atoms. The van der Waals surface area contributed by atoms with E-state index in [4.69, 9.17) is 9.47 Å². The monoisotopic (exact) mass is 474 g/mol. The molecule has 0 saturated carbocycles. The summed E-state index contributed by atoms with van der Waals surface area (Å²) in [5.41, 5.74) is 0.610. The quantitative estimate of drug-likeness (QED) is 0.368. The maximum atomic E-state index is 13.7. The summed E-state index contributed by atoms with van der Waals surface area (Å²) >= 11 is 2.65. The number of amides is 2. The largest absolute Gasteiger partial charge is 0.493 e. The zero-order valence-corrected chi connectivity index (χ0v) is 18.4. The summed E-state index contributed by atoms with van der Waals surface area (Å²) in [6.45, 7) is 0. The minimum atomic E-state index is -0.864. The Kier molecular flexibility index (Phi) is 6.37. The molecule has 4 rings (SSSR count). The van der Waals surface area contributed by atoms with Gasteiger partial charge >= 0.3 is 6.03 Å². The van der Waals surface area contributed by atoms with E-state index in [-0.39, 0.29) is 5.69 Å². The van der Waals surface area contributed by atoms with E-state index in [1.165, 1.54) is 29.3 Å². The van der Waals surface area contributed by atoms with Crippen LogP contribution in [-0.2, 0) is 0 Å². The third kappa shape index (κ3) is 4.73. The van der Waals surface area contributed by atoms with Crippen LogP contribution in [0.3, 0.4) is 0 Å². The molecule has 2 heterocycles. The van der Waals surface area contributed by atoms with E-state index in [0.717, 1.165) is 27.9 Å². The number of hydrogen-bond donors (Lipinski definition) is 2. The number of methoxy groups -OCH3 is 2. The van der Waals surface area contributed by atoms with Crippen LogP contribution in [0.5, 0.6) is 11.5 Å². The van der Waals surface area contributed by atoms with Crippen molar-refractivity contribution in [1.29, 1.82) is 0 Å². The topological polar surface area (TPSA) is 85.4 Å². The molecule has 0 atom stereocenters. The second-order valence-electron chi connectivity index (χ2n) is 6.33. The van der Waals surface area contributed by atoms with Crippen molar-refractivity contribution in [2.45, 2.75) is 9.24 Å². The van der Waals surface area contributed by atoms with Gasteiger partial charge in [0.15, 0.2) is 15.8 Å². The number of carbonyl (C=O) groups is 1. The zero-order chi connectivity index (χ0) is 22.7. The number of hydrogen-bond acceptors (Lipinski definition) is 7. The van der Waals surface area contributed by atoms with Crippen LogP contribution in [0.1, 0.15) is 0 Å². The molecule has 164 valence electrons. The summed E-state index contributed by atoms with van der Waals surface area (Å²) in [5, 5.41) is 6.26. The van der Waals surface area contributed by atoms with Gasteiger partial charge in [0.1, 0.15) is 16.6 Å². The number of urea groups is 1. The summed E-state index contributed by atoms with van der Waals surface area (Å²) in [7, 11) is 3.13. The molecule has 11 heteroatoms. The number of benzene rings is 2. The van der Waals surface area contributed by atoms with Crippen molar-refractivity contribution in [3.05, 3.63) is 60.4 Å². The molecule has 0 aliphatic heterocycles. The molecule has 0 radical (unpaired) electrons. The van der Waals surface area contributed by atoms with E-state index in [0.29, 0.717) is 26.9 Å². The van der Waals surface area contributed by atoms with E-state index >= 15 is 0 Å². The maximum absolute atomic E-state index is 13.7. The average molecular weight is 475 g/mol. The minimum Gasteiger partial charge on any atom is -0.493 e. The lowest BCUT2D eigenvalue weighted by Gasteiger charge is -2.10. The number of pyridine rings is 1. The van der Waals surface area contributed by atoms with Crippen LogP contribution < -0.4 is 20.1 Å². The fourth-order valence-electron chi connectivity index (χ4n) is 2.85. The highest BCUT2D eigenvalue weighted by atomic mass is 32.2. The Hall–Kier alpha value is -3.44. The Balaban J connectivity index is 1.49. The van der Waals surface area contributed by atoms with Crippen LogP contribution >= 0.6 is 23.1 Å². The lowest BCUT2D eigenvalue weighted by atomic mass is 10.2. The predicted molar refractivity (Wildman–Crippen MR) is 120 cm³/mol. The number of fused-ring (bicyclic) bond motifs is 1. The first-order chi connectivity index (χ1) is 15.5. The fraction of sp³-hybridized carbons (Fsp3) is 0.0952. The van der Waals surface area contributed by atoms with Gasteiger partial charge in [-0.3, -0.25) is 10.3 Å². The lowest BCUT2D eigenvalue weighted by Crippen LogP contribution is -2.19. The van der Waals surface area contributed by atoms with Crippen molar-refractivity contribution >= 4 is 50.7 Å². The van der Waals surface area contributed by atoms with Crippen molar-refractivity contribution in [2.75, 3.05) is 24.9 Å². The van der Waals surface area contributed by atoms with Gasteiger partial charge in [0.05, 0.1) is 31.6 Å². The van der Waals surface area contributed by atoms with E-state index in [2.05, 4.69) is 20.6 Å². The number of nitrogens with zero attached hydrogens (tertiary/aromatic N) is 2. The van der Waals surface area contributed by atoms with Crippen LogP contribution in [0.4, 0.5) is 24.3 Å². The van der Waals surface area contributed by atoms with Crippen LogP contribution in [0.25, 0.3) is 10.9 Å². The molecule has 0 aliphatic carbocycles. The Morgan fingerprint density at radius 1 is 1.03 bits per heavy atom. The molecule has 2 amide bonds. The van der Waals surface area contributed by atoms with Gasteiger partial charge in [0, 0.05) is 28.6 Å². The van der Waals surface area contributed by atoms with Crippen LogP contribution in [0.2, 0.25) is 0 Å². The number of nitrogens with one attached hydrogen (secondary N) is 2. The predicted octanol–water partition coefficient (Wildman–Crippen LogP) is 5.78. The Morgan fingerprint density at radius 2 is 1.81 bits per heavy atom. The molecular weight excluding hydrogens is 458 g/mol. The normalized spacial score (nSPS) is 10.8. The molecule has 0 saturated heterocycles.